The van der Waals surface area contributed by atoms with Crippen LogP contribution < -0.4 is 4.74 Å². The Bertz CT molecular complexity index is 358. The number of hydrogen-bond acceptors (Lipinski definition) is 2. The molecule has 82 valence electrons. The lowest BCUT2D eigenvalue weighted by molar-refractivity contribution is 0.0653. The molecule has 1 aromatic carbocycles. The van der Waals surface area contributed by atoms with Crippen molar-refractivity contribution in [2.45, 2.75) is 45.3 Å². The quantitative estimate of drug-likeness (QED) is 0.806. The third-order valence-corrected chi connectivity index (χ3v) is 3.05. The summed E-state index contributed by atoms with van der Waals surface area (Å²) in [5.74, 6) is 1.34. The first-order valence-corrected chi connectivity index (χ1v) is 5.62. The van der Waals surface area contributed by atoms with Gasteiger partial charge in [-0.2, -0.15) is 0 Å². The van der Waals surface area contributed by atoms with E-state index < -0.39 is 6.10 Å². The van der Waals surface area contributed by atoms with E-state index in [1.54, 1.807) is 0 Å². The summed E-state index contributed by atoms with van der Waals surface area (Å²) in [6.45, 7) is 6.34. The Kier molecular flexibility index (Phi) is 2.70. The first kappa shape index (κ1) is 10.5. The molecular formula is C13H18O2. The Morgan fingerprint density at radius 2 is 2.13 bits per heavy atom. The van der Waals surface area contributed by atoms with Crippen molar-refractivity contribution in [2.24, 2.45) is 0 Å². The molecule has 0 aromatic heterocycles. The summed E-state index contributed by atoms with van der Waals surface area (Å²) in [4.78, 5) is 0. The number of ether oxygens (including phenoxy) is 1. The van der Waals surface area contributed by atoms with Crippen LogP contribution in [-0.2, 0) is 0 Å². The zero-order chi connectivity index (χ0) is 11.0. The van der Waals surface area contributed by atoms with Gasteiger partial charge in [0.2, 0.25) is 0 Å². The van der Waals surface area contributed by atoms with Gasteiger partial charge in [-0.25, -0.2) is 0 Å². The minimum absolute atomic E-state index is 0.0672. The molecule has 0 spiro atoms. The van der Waals surface area contributed by atoms with E-state index in [0.29, 0.717) is 5.92 Å². The zero-order valence-corrected chi connectivity index (χ0v) is 9.53. The van der Waals surface area contributed by atoms with Crippen molar-refractivity contribution in [3.63, 3.8) is 0 Å². The molecule has 1 heterocycles. The molecule has 1 aliphatic heterocycles. The summed E-state index contributed by atoms with van der Waals surface area (Å²) in [7, 11) is 0. The molecule has 0 amide bonds. The fraction of sp³-hybridized carbons (Fsp3) is 0.538. The molecule has 2 unspecified atom stereocenters. The standard InChI is InChI=1S/C13H18O2/c1-4-11-13(14)10-7-9(8(2)3)5-6-12(10)15-11/h5-8,11,13-14H,4H2,1-3H3. The third-order valence-electron chi connectivity index (χ3n) is 3.05. The van der Waals surface area contributed by atoms with Crippen LogP contribution in [0.1, 0.15) is 50.3 Å². The van der Waals surface area contributed by atoms with Gasteiger partial charge in [0.15, 0.2) is 0 Å². The summed E-state index contributed by atoms with van der Waals surface area (Å²) in [5.41, 5.74) is 2.21. The minimum Gasteiger partial charge on any atom is -0.487 e. The first-order chi connectivity index (χ1) is 7.13. The van der Waals surface area contributed by atoms with Crippen molar-refractivity contribution in [2.75, 3.05) is 0 Å². The highest BCUT2D eigenvalue weighted by Crippen LogP contribution is 2.39. The van der Waals surface area contributed by atoms with E-state index in [4.69, 9.17) is 4.74 Å². The van der Waals surface area contributed by atoms with E-state index >= 15 is 0 Å². The summed E-state index contributed by atoms with van der Waals surface area (Å²) in [6, 6.07) is 6.12. The molecule has 1 N–H and O–H groups in total. The zero-order valence-electron chi connectivity index (χ0n) is 9.53. The number of hydrogen-bond donors (Lipinski definition) is 1. The molecule has 2 nitrogen and oxygen atoms in total. The van der Waals surface area contributed by atoms with Crippen molar-refractivity contribution < 1.29 is 9.84 Å². The fourth-order valence-corrected chi connectivity index (χ4v) is 2.00. The molecule has 1 aliphatic rings. The summed E-state index contributed by atoms with van der Waals surface area (Å²) < 4.78 is 5.65. The van der Waals surface area contributed by atoms with Gasteiger partial charge in [-0.15, -0.1) is 0 Å². The average Bonchev–Trinajstić information content (AvgIpc) is 2.55. The molecular weight excluding hydrogens is 188 g/mol. The van der Waals surface area contributed by atoms with E-state index in [9.17, 15) is 5.11 Å². The van der Waals surface area contributed by atoms with Crippen LogP contribution in [0.2, 0.25) is 0 Å². The molecule has 2 heteroatoms. The van der Waals surface area contributed by atoms with Gasteiger partial charge < -0.3 is 9.84 Å². The van der Waals surface area contributed by atoms with Crippen LogP contribution in [0.3, 0.4) is 0 Å². The Morgan fingerprint density at radius 1 is 1.40 bits per heavy atom. The Balaban J connectivity index is 2.35. The molecule has 0 aliphatic carbocycles. The molecule has 0 fully saturated rings. The van der Waals surface area contributed by atoms with E-state index in [-0.39, 0.29) is 6.10 Å². The second kappa shape index (κ2) is 3.86. The molecule has 0 radical (unpaired) electrons. The topological polar surface area (TPSA) is 29.5 Å². The van der Waals surface area contributed by atoms with Crippen molar-refractivity contribution >= 4 is 0 Å². The predicted octanol–water partition coefficient (Wildman–Crippen LogP) is 3.01. The smallest absolute Gasteiger partial charge is 0.129 e. The number of fused-ring (bicyclic) bond motifs is 1. The Hall–Kier alpha value is -1.02. The Morgan fingerprint density at radius 3 is 2.73 bits per heavy atom. The molecule has 2 atom stereocenters. The molecule has 2 rings (SSSR count). The highest BCUT2D eigenvalue weighted by atomic mass is 16.5. The van der Waals surface area contributed by atoms with Gasteiger partial charge in [0.25, 0.3) is 0 Å². The second-order valence-corrected chi connectivity index (χ2v) is 4.46. The predicted molar refractivity (Wildman–Crippen MR) is 60.2 cm³/mol. The van der Waals surface area contributed by atoms with Gasteiger partial charge in [-0.1, -0.05) is 26.8 Å². The maximum Gasteiger partial charge on any atom is 0.129 e. The lowest BCUT2D eigenvalue weighted by Gasteiger charge is -2.11. The Labute approximate surface area is 90.9 Å². The maximum atomic E-state index is 10.0. The summed E-state index contributed by atoms with van der Waals surface area (Å²) in [5, 5.41) is 10.0. The van der Waals surface area contributed by atoms with Crippen LogP contribution in [0.25, 0.3) is 0 Å². The van der Waals surface area contributed by atoms with Crippen molar-refractivity contribution in [3.05, 3.63) is 29.3 Å². The normalized spacial score (nSPS) is 24.1. The molecule has 0 saturated carbocycles. The van der Waals surface area contributed by atoms with Gasteiger partial charge in [0.05, 0.1) is 0 Å². The molecule has 1 aromatic rings. The van der Waals surface area contributed by atoms with Gasteiger partial charge >= 0.3 is 0 Å². The summed E-state index contributed by atoms with van der Waals surface area (Å²) >= 11 is 0. The van der Waals surface area contributed by atoms with Crippen molar-refractivity contribution in [1.82, 2.24) is 0 Å². The number of rotatable bonds is 2. The molecule has 0 bridgehead atoms. The maximum absolute atomic E-state index is 10.0. The number of aliphatic hydroxyl groups is 1. The van der Waals surface area contributed by atoms with Gasteiger partial charge in [0, 0.05) is 5.56 Å². The lowest BCUT2D eigenvalue weighted by atomic mass is 9.97. The molecule has 0 saturated heterocycles. The minimum atomic E-state index is -0.455. The van der Waals surface area contributed by atoms with Crippen LogP contribution >= 0.6 is 0 Å². The van der Waals surface area contributed by atoms with E-state index in [0.717, 1.165) is 17.7 Å². The average molecular weight is 206 g/mol. The van der Waals surface area contributed by atoms with E-state index in [1.807, 2.05) is 13.0 Å². The van der Waals surface area contributed by atoms with Crippen molar-refractivity contribution in [3.8, 4) is 5.75 Å². The fourth-order valence-electron chi connectivity index (χ4n) is 2.00. The lowest BCUT2D eigenvalue weighted by Crippen LogP contribution is -2.16. The van der Waals surface area contributed by atoms with Gasteiger partial charge in [0.1, 0.15) is 18.0 Å². The van der Waals surface area contributed by atoms with E-state index in [2.05, 4.69) is 26.0 Å². The van der Waals surface area contributed by atoms with Crippen LogP contribution in [0, 0.1) is 0 Å². The SMILES string of the molecule is CCC1Oc2ccc(C(C)C)cc2C1O. The highest BCUT2D eigenvalue weighted by molar-refractivity contribution is 5.43. The van der Waals surface area contributed by atoms with Crippen LogP contribution in [-0.4, -0.2) is 11.2 Å². The largest absolute Gasteiger partial charge is 0.487 e. The second-order valence-electron chi connectivity index (χ2n) is 4.46. The van der Waals surface area contributed by atoms with Crippen LogP contribution in [0.5, 0.6) is 5.75 Å². The van der Waals surface area contributed by atoms with Gasteiger partial charge in [-0.3, -0.25) is 0 Å². The third kappa shape index (κ3) is 1.74. The first-order valence-electron chi connectivity index (χ1n) is 5.62. The van der Waals surface area contributed by atoms with Crippen LogP contribution in [0.15, 0.2) is 18.2 Å². The number of benzene rings is 1. The van der Waals surface area contributed by atoms with Gasteiger partial charge in [-0.05, 0) is 30.0 Å². The van der Waals surface area contributed by atoms with E-state index in [1.165, 1.54) is 5.56 Å². The van der Waals surface area contributed by atoms with Crippen molar-refractivity contribution in [1.29, 1.82) is 0 Å². The highest BCUT2D eigenvalue weighted by Gasteiger charge is 2.31. The van der Waals surface area contributed by atoms with Crippen LogP contribution in [0.4, 0.5) is 0 Å². The summed E-state index contributed by atoms with van der Waals surface area (Å²) in [6.07, 6.45) is 0.318. The molecule has 15 heavy (non-hydrogen) atoms. The monoisotopic (exact) mass is 206 g/mol. The number of aliphatic hydroxyl groups excluding tert-OH is 1.